The zero-order chi connectivity index (χ0) is 9.10. The average molecular weight is 236 g/mol. The molecule has 3 nitrogen and oxygen atoms in total. The molecule has 64 valence electrons. The van der Waals surface area contributed by atoms with E-state index in [2.05, 4.69) is 30.9 Å². The number of halogens is 1. The third kappa shape index (κ3) is 1.72. The number of pyridine rings is 1. The van der Waals surface area contributed by atoms with Crippen molar-refractivity contribution in [3.63, 3.8) is 0 Å². The molecule has 2 rings (SSSR count). The van der Waals surface area contributed by atoms with Gasteiger partial charge in [-0.25, -0.2) is 9.97 Å². The summed E-state index contributed by atoms with van der Waals surface area (Å²) in [4.78, 5) is 12.1. The van der Waals surface area contributed by atoms with Crippen molar-refractivity contribution in [1.29, 1.82) is 0 Å². The highest BCUT2D eigenvalue weighted by Crippen LogP contribution is 2.23. The van der Waals surface area contributed by atoms with Gasteiger partial charge in [0.2, 0.25) is 0 Å². The highest BCUT2D eigenvalue weighted by Gasteiger charge is 2.02. The van der Waals surface area contributed by atoms with E-state index in [1.165, 1.54) is 6.33 Å². The molecule has 0 amide bonds. The molecule has 0 aromatic carbocycles. The summed E-state index contributed by atoms with van der Waals surface area (Å²) in [7, 11) is 0. The summed E-state index contributed by atoms with van der Waals surface area (Å²) in [5.74, 6) is 0. The minimum absolute atomic E-state index is 0.864. The van der Waals surface area contributed by atoms with Gasteiger partial charge in [-0.15, -0.1) is 0 Å². The maximum absolute atomic E-state index is 4.15. The smallest absolute Gasteiger partial charge is 0.116 e. The van der Waals surface area contributed by atoms with E-state index in [0.717, 1.165) is 15.7 Å². The van der Waals surface area contributed by atoms with Crippen molar-refractivity contribution in [3.05, 3.63) is 41.5 Å². The quantitative estimate of drug-likeness (QED) is 0.762. The normalized spacial score (nSPS) is 9.92. The maximum atomic E-state index is 4.15. The topological polar surface area (TPSA) is 38.7 Å². The molecule has 0 atom stereocenters. The van der Waals surface area contributed by atoms with Crippen molar-refractivity contribution in [1.82, 2.24) is 15.0 Å². The second-order valence-electron chi connectivity index (χ2n) is 2.46. The Kier molecular flexibility index (Phi) is 2.31. The van der Waals surface area contributed by atoms with Crippen LogP contribution >= 0.6 is 15.9 Å². The van der Waals surface area contributed by atoms with Gasteiger partial charge >= 0.3 is 0 Å². The van der Waals surface area contributed by atoms with Gasteiger partial charge in [-0.2, -0.15) is 0 Å². The molecular weight excluding hydrogens is 230 g/mol. The van der Waals surface area contributed by atoms with Crippen molar-refractivity contribution >= 4 is 15.9 Å². The molecule has 0 radical (unpaired) electrons. The van der Waals surface area contributed by atoms with E-state index in [1.807, 2.05) is 12.1 Å². The lowest BCUT2D eigenvalue weighted by molar-refractivity contribution is 1.15. The molecule has 0 saturated heterocycles. The second-order valence-corrected chi connectivity index (χ2v) is 3.32. The fourth-order valence-corrected chi connectivity index (χ4v) is 1.48. The predicted octanol–water partition coefficient (Wildman–Crippen LogP) is 2.30. The lowest BCUT2D eigenvalue weighted by Crippen LogP contribution is -1.86. The summed E-state index contributed by atoms with van der Waals surface area (Å²) in [6, 6.07) is 3.84. The van der Waals surface area contributed by atoms with Gasteiger partial charge in [-0.1, -0.05) is 0 Å². The predicted molar refractivity (Wildman–Crippen MR) is 53.0 cm³/mol. The molecule has 0 fully saturated rings. The summed E-state index contributed by atoms with van der Waals surface area (Å²) in [6.45, 7) is 0. The van der Waals surface area contributed by atoms with Gasteiger partial charge in [0.15, 0.2) is 0 Å². The van der Waals surface area contributed by atoms with Crippen LogP contribution in [0.4, 0.5) is 0 Å². The molecule has 0 aliphatic carbocycles. The molecule has 2 aromatic heterocycles. The van der Waals surface area contributed by atoms with E-state index in [9.17, 15) is 0 Å². The lowest BCUT2D eigenvalue weighted by atomic mass is 10.2. The van der Waals surface area contributed by atoms with Gasteiger partial charge in [0, 0.05) is 24.2 Å². The van der Waals surface area contributed by atoms with Gasteiger partial charge in [0.05, 0.1) is 10.2 Å². The molecular formula is C9H6BrN3. The van der Waals surface area contributed by atoms with Crippen LogP contribution in [0, 0.1) is 0 Å². The largest absolute Gasteiger partial charge is 0.264 e. The molecule has 0 aliphatic heterocycles. The third-order valence-electron chi connectivity index (χ3n) is 1.60. The Morgan fingerprint density at radius 3 is 2.77 bits per heavy atom. The molecule has 2 heterocycles. The highest BCUT2D eigenvalue weighted by atomic mass is 79.9. The first-order valence-corrected chi connectivity index (χ1v) is 4.53. The fourth-order valence-electron chi connectivity index (χ4n) is 1.03. The van der Waals surface area contributed by atoms with Crippen LogP contribution < -0.4 is 0 Å². The van der Waals surface area contributed by atoms with Crippen LogP contribution in [-0.2, 0) is 0 Å². The fraction of sp³-hybridized carbons (Fsp3) is 0. The first kappa shape index (κ1) is 8.31. The van der Waals surface area contributed by atoms with Gasteiger partial charge in [-0.3, -0.25) is 4.98 Å². The highest BCUT2D eigenvalue weighted by molar-refractivity contribution is 9.10. The summed E-state index contributed by atoms with van der Waals surface area (Å²) < 4.78 is 0.878. The Morgan fingerprint density at radius 1 is 1.15 bits per heavy atom. The number of hydrogen-bond acceptors (Lipinski definition) is 3. The van der Waals surface area contributed by atoms with Crippen LogP contribution in [0.2, 0.25) is 0 Å². The zero-order valence-electron chi connectivity index (χ0n) is 6.68. The van der Waals surface area contributed by atoms with Crippen molar-refractivity contribution in [3.8, 4) is 11.3 Å². The average Bonchev–Trinajstić information content (AvgIpc) is 2.20. The molecule has 0 saturated carbocycles. The van der Waals surface area contributed by atoms with Crippen LogP contribution in [0.25, 0.3) is 11.3 Å². The van der Waals surface area contributed by atoms with Crippen molar-refractivity contribution in [2.24, 2.45) is 0 Å². The van der Waals surface area contributed by atoms with E-state index in [-0.39, 0.29) is 0 Å². The van der Waals surface area contributed by atoms with Gasteiger partial charge in [0.25, 0.3) is 0 Å². The van der Waals surface area contributed by atoms with Crippen molar-refractivity contribution in [2.75, 3.05) is 0 Å². The minimum Gasteiger partial charge on any atom is -0.264 e. The van der Waals surface area contributed by atoms with E-state index in [1.54, 1.807) is 18.6 Å². The number of nitrogens with zero attached hydrogens (tertiary/aromatic N) is 3. The number of hydrogen-bond donors (Lipinski definition) is 0. The minimum atomic E-state index is 0.864. The van der Waals surface area contributed by atoms with Gasteiger partial charge in [0.1, 0.15) is 6.33 Å². The molecule has 4 heteroatoms. The monoisotopic (exact) mass is 235 g/mol. The Bertz CT molecular complexity index is 403. The zero-order valence-corrected chi connectivity index (χ0v) is 8.27. The van der Waals surface area contributed by atoms with Crippen molar-refractivity contribution < 1.29 is 0 Å². The Morgan fingerprint density at radius 2 is 2.08 bits per heavy atom. The Hall–Kier alpha value is -1.29. The third-order valence-corrected chi connectivity index (χ3v) is 2.18. The molecule has 0 bridgehead atoms. The number of aromatic nitrogens is 3. The summed E-state index contributed by atoms with van der Waals surface area (Å²) in [6.07, 6.45) is 6.74. The first-order chi connectivity index (χ1) is 6.38. The lowest BCUT2D eigenvalue weighted by Gasteiger charge is -2.00. The van der Waals surface area contributed by atoms with E-state index < -0.39 is 0 Å². The van der Waals surface area contributed by atoms with Gasteiger partial charge < -0.3 is 0 Å². The first-order valence-electron chi connectivity index (χ1n) is 3.74. The molecule has 13 heavy (non-hydrogen) atoms. The Labute approximate surface area is 84.0 Å². The molecule has 0 spiro atoms. The van der Waals surface area contributed by atoms with Gasteiger partial charge in [-0.05, 0) is 28.1 Å². The standard InChI is InChI=1S/C9H6BrN3/c10-8-5-12-6-13-9(8)7-2-1-3-11-4-7/h1-6H. The van der Waals surface area contributed by atoms with Crippen LogP contribution in [0.5, 0.6) is 0 Å². The second kappa shape index (κ2) is 3.62. The summed E-state index contributed by atoms with van der Waals surface area (Å²) >= 11 is 3.38. The molecule has 0 aliphatic rings. The number of rotatable bonds is 1. The summed E-state index contributed by atoms with van der Waals surface area (Å²) in [5.41, 5.74) is 1.85. The van der Waals surface area contributed by atoms with E-state index in [4.69, 9.17) is 0 Å². The van der Waals surface area contributed by atoms with Crippen LogP contribution in [0.3, 0.4) is 0 Å². The molecule has 2 aromatic rings. The van der Waals surface area contributed by atoms with Crippen LogP contribution in [0.15, 0.2) is 41.5 Å². The maximum Gasteiger partial charge on any atom is 0.116 e. The van der Waals surface area contributed by atoms with Crippen molar-refractivity contribution in [2.45, 2.75) is 0 Å². The van der Waals surface area contributed by atoms with E-state index in [0.29, 0.717) is 0 Å². The van der Waals surface area contributed by atoms with E-state index >= 15 is 0 Å². The molecule has 0 unspecified atom stereocenters. The molecule has 0 N–H and O–H groups in total. The van der Waals surface area contributed by atoms with Crippen LogP contribution in [0.1, 0.15) is 0 Å². The van der Waals surface area contributed by atoms with Crippen LogP contribution in [-0.4, -0.2) is 15.0 Å². The Balaban J connectivity index is 2.54. The SMILES string of the molecule is Brc1cncnc1-c1cccnc1. The summed E-state index contributed by atoms with van der Waals surface area (Å²) in [5, 5.41) is 0.